The maximum absolute atomic E-state index is 5.87. The van der Waals surface area contributed by atoms with Crippen LogP contribution in [0, 0.1) is 0 Å². The molecule has 7 aromatic carbocycles. The van der Waals surface area contributed by atoms with Crippen molar-refractivity contribution in [2.75, 3.05) is 0 Å². The van der Waals surface area contributed by atoms with Gasteiger partial charge in [0, 0.05) is 44.3 Å². The molecule has 0 saturated heterocycles. The standard InChI is InChI=1S/C74H74N4/c1-14-15-19-44-22-23-46-25-28-55-56(29-26-47-24-27-54(44)65(46)66(47)55)70-63-36-34-61(77-63)68(48-38-50(71(2,3)4)42-51(39-48)72(5,6)7)59-32-30-57(75-59)67(45-20-17-16-18-21-45)58-31-33-60(76-58)69(62-35-37-64(70)78-62)49-40-52(73(8,9)10)43-53(41-49)74(11,12)13/h16-18,20-43,75,78H,14-15,19H2,1-13H3. The highest BCUT2D eigenvalue weighted by Gasteiger charge is 2.27. The lowest BCUT2D eigenvalue weighted by atomic mass is 9.78. The number of nitrogens with one attached hydrogen (secondary N) is 2. The molecule has 3 aromatic heterocycles. The Hall–Kier alpha value is -7.82. The van der Waals surface area contributed by atoms with Crippen molar-refractivity contribution in [2.45, 2.75) is 131 Å². The van der Waals surface area contributed by atoms with Crippen LogP contribution >= 0.6 is 0 Å². The topological polar surface area (TPSA) is 57.4 Å². The van der Waals surface area contributed by atoms with Gasteiger partial charge < -0.3 is 9.97 Å². The Morgan fingerprint density at radius 2 is 0.756 bits per heavy atom. The van der Waals surface area contributed by atoms with E-state index < -0.39 is 0 Å². The number of unbranched alkanes of at least 4 members (excludes halogenated alkanes) is 1. The van der Waals surface area contributed by atoms with Gasteiger partial charge >= 0.3 is 0 Å². The lowest BCUT2D eigenvalue weighted by Crippen LogP contribution is -2.16. The van der Waals surface area contributed by atoms with Crippen LogP contribution in [0.15, 0.2) is 140 Å². The number of fused-ring (bicyclic) bond motifs is 8. The molecule has 5 heterocycles. The molecule has 0 saturated carbocycles. The van der Waals surface area contributed by atoms with Gasteiger partial charge in [-0.25, -0.2) is 9.97 Å². The molecule has 8 bridgehead atoms. The molecule has 2 N–H and O–H groups in total. The summed E-state index contributed by atoms with van der Waals surface area (Å²) in [4.78, 5) is 19.8. The number of hydrogen-bond donors (Lipinski definition) is 2. The van der Waals surface area contributed by atoms with E-state index in [4.69, 9.17) is 9.97 Å². The lowest BCUT2D eigenvalue weighted by Gasteiger charge is -2.26. The van der Waals surface area contributed by atoms with Gasteiger partial charge in [0.1, 0.15) is 0 Å². The van der Waals surface area contributed by atoms with E-state index in [1.807, 2.05) is 0 Å². The first-order valence-corrected chi connectivity index (χ1v) is 28.4. The maximum Gasteiger partial charge on any atom is 0.0737 e. The Morgan fingerprint density at radius 3 is 1.21 bits per heavy atom. The van der Waals surface area contributed by atoms with Gasteiger partial charge in [-0.1, -0.05) is 212 Å². The first-order chi connectivity index (χ1) is 37.1. The second-order valence-corrected chi connectivity index (χ2v) is 26.3. The zero-order valence-electron chi connectivity index (χ0n) is 48.1. The molecule has 0 fully saturated rings. The molecule has 0 spiro atoms. The first kappa shape index (κ1) is 51.0. The van der Waals surface area contributed by atoms with Gasteiger partial charge in [-0.3, -0.25) is 0 Å². The summed E-state index contributed by atoms with van der Waals surface area (Å²) in [7, 11) is 0. The molecule has 0 atom stereocenters. The highest BCUT2D eigenvalue weighted by Crippen LogP contribution is 2.46. The van der Waals surface area contributed by atoms with Crippen LogP contribution in [-0.4, -0.2) is 19.9 Å². The minimum Gasteiger partial charge on any atom is -0.354 e. The van der Waals surface area contributed by atoms with E-state index in [0.717, 1.165) is 102 Å². The number of aromatic nitrogens is 4. The number of nitrogens with zero attached hydrogens (tertiary/aromatic N) is 2. The Morgan fingerprint density at radius 1 is 0.372 bits per heavy atom. The van der Waals surface area contributed by atoms with Gasteiger partial charge in [0.25, 0.3) is 0 Å². The Kier molecular flexibility index (Phi) is 12.2. The fraction of sp³-hybridized carbons (Fsp3) is 0.270. The van der Waals surface area contributed by atoms with E-state index in [-0.39, 0.29) is 21.7 Å². The fourth-order valence-electron chi connectivity index (χ4n) is 11.9. The number of H-pyrrole nitrogens is 2. The summed E-state index contributed by atoms with van der Waals surface area (Å²) in [5.74, 6) is 0. The minimum absolute atomic E-state index is 0.0912. The quantitative estimate of drug-likeness (QED) is 0.156. The summed E-state index contributed by atoms with van der Waals surface area (Å²) < 4.78 is 0. The van der Waals surface area contributed by atoms with Crippen LogP contribution in [0.3, 0.4) is 0 Å². The van der Waals surface area contributed by atoms with Gasteiger partial charge in [-0.05, 0) is 165 Å². The molecule has 2 aliphatic rings. The zero-order valence-corrected chi connectivity index (χ0v) is 48.1. The SMILES string of the molecule is CCCCc1ccc2ccc3c(-c4c5nc(c(-c6cc(C(C)(C)C)cc(C(C)(C)C)c6)c6ccc([nH]6)c(-c6ccccc6)c6nc(c(-c7cc(C(C)(C)C)cc(C(C)(C)C)c7)c7ccc4[nH]7)C=C6)C=C5)ccc4ccc1c2c43. The lowest BCUT2D eigenvalue weighted by molar-refractivity contribution is 0.568. The van der Waals surface area contributed by atoms with Gasteiger partial charge in [-0.15, -0.1) is 0 Å². The third kappa shape index (κ3) is 9.07. The predicted molar refractivity (Wildman–Crippen MR) is 338 cm³/mol. The number of rotatable bonds is 7. The molecule has 0 unspecified atom stereocenters. The van der Waals surface area contributed by atoms with Crippen molar-refractivity contribution in [3.05, 3.63) is 190 Å². The van der Waals surface area contributed by atoms with Crippen LogP contribution in [0.2, 0.25) is 0 Å². The number of hydrogen-bond acceptors (Lipinski definition) is 2. The monoisotopic (exact) mass is 1020 g/mol. The second kappa shape index (κ2) is 18.7. The molecular formula is C74H74N4. The van der Waals surface area contributed by atoms with Crippen LogP contribution in [0.5, 0.6) is 0 Å². The summed E-state index contributed by atoms with van der Waals surface area (Å²) in [6.45, 7) is 30.1. The molecule has 12 rings (SSSR count). The van der Waals surface area contributed by atoms with Crippen molar-refractivity contribution in [2.24, 2.45) is 0 Å². The van der Waals surface area contributed by atoms with Crippen molar-refractivity contribution in [3.8, 4) is 44.5 Å². The molecule has 390 valence electrons. The van der Waals surface area contributed by atoms with Crippen LogP contribution < -0.4 is 0 Å². The van der Waals surface area contributed by atoms with Gasteiger partial charge in [0.05, 0.1) is 22.8 Å². The second-order valence-electron chi connectivity index (χ2n) is 26.3. The average Bonchev–Trinajstić information content (AvgIpc) is 4.40. The number of aryl methyl sites for hydroxylation is 1. The van der Waals surface area contributed by atoms with Gasteiger partial charge in [-0.2, -0.15) is 0 Å². The van der Waals surface area contributed by atoms with E-state index in [9.17, 15) is 0 Å². The van der Waals surface area contributed by atoms with E-state index in [1.54, 1.807) is 0 Å². The van der Waals surface area contributed by atoms with E-state index in [0.29, 0.717) is 0 Å². The summed E-state index contributed by atoms with van der Waals surface area (Å²) in [5.41, 5.74) is 22.6. The molecule has 4 heteroatoms. The van der Waals surface area contributed by atoms with Crippen molar-refractivity contribution in [1.29, 1.82) is 0 Å². The third-order valence-electron chi connectivity index (χ3n) is 16.5. The molecule has 78 heavy (non-hydrogen) atoms. The molecule has 0 amide bonds. The van der Waals surface area contributed by atoms with Crippen molar-refractivity contribution >= 4 is 78.7 Å². The van der Waals surface area contributed by atoms with Crippen molar-refractivity contribution in [1.82, 2.24) is 19.9 Å². The Bertz CT molecular complexity index is 4120. The summed E-state index contributed by atoms with van der Waals surface area (Å²) in [6, 6.07) is 53.0. The molecule has 4 nitrogen and oxygen atoms in total. The number of benzene rings is 7. The predicted octanol–water partition coefficient (Wildman–Crippen LogP) is 20.8. The van der Waals surface area contributed by atoms with E-state index in [2.05, 4.69) is 264 Å². The Labute approximate surface area is 461 Å². The summed E-state index contributed by atoms with van der Waals surface area (Å²) in [6.07, 6.45) is 12.3. The molecule has 2 aliphatic heterocycles. The van der Waals surface area contributed by atoms with Gasteiger partial charge in [0.2, 0.25) is 0 Å². The third-order valence-corrected chi connectivity index (χ3v) is 16.5. The summed E-state index contributed by atoms with van der Waals surface area (Å²) in [5, 5.41) is 7.75. The smallest absolute Gasteiger partial charge is 0.0737 e. The minimum atomic E-state index is -0.0912. The summed E-state index contributed by atoms with van der Waals surface area (Å²) >= 11 is 0. The highest BCUT2D eigenvalue weighted by atomic mass is 14.8. The molecular weight excluding hydrogens is 945 g/mol. The largest absolute Gasteiger partial charge is 0.354 e. The van der Waals surface area contributed by atoms with Crippen LogP contribution in [0.1, 0.15) is 153 Å². The Balaban J connectivity index is 1.27. The van der Waals surface area contributed by atoms with E-state index in [1.165, 1.54) is 66.6 Å². The molecule has 0 radical (unpaired) electrons. The van der Waals surface area contributed by atoms with Crippen LogP contribution in [-0.2, 0) is 28.1 Å². The van der Waals surface area contributed by atoms with Crippen molar-refractivity contribution in [3.63, 3.8) is 0 Å². The normalized spacial score (nSPS) is 13.2. The molecule has 0 aliphatic carbocycles. The van der Waals surface area contributed by atoms with Gasteiger partial charge in [0.15, 0.2) is 0 Å². The highest BCUT2D eigenvalue weighted by molar-refractivity contribution is 6.26. The van der Waals surface area contributed by atoms with E-state index >= 15 is 0 Å². The van der Waals surface area contributed by atoms with Crippen LogP contribution in [0.4, 0.5) is 0 Å². The number of aromatic amines is 2. The first-order valence-electron chi connectivity index (χ1n) is 28.4. The van der Waals surface area contributed by atoms with Crippen molar-refractivity contribution < 1.29 is 0 Å². The zero-order chi connectivity index (χ0) is 54.6. The average molecular weight is 1020 g/mol. The maximum atomic E-state index is 5.87. The fourth-order valence-corrected chi connectivity index (χ4v) is 11.9. The van der Waals surface area contributed by atoms with Crippen LogP contribution in [0.25, 0.3) is 123 Å². The molecule has 10 aromatic rings.